The number of aromatic amines is 1. The molecule has 0 amide bonds. The van der Waals surface area contributed by atoms with Crippen molar-refractivity contribution in [3.63, 3.8) is 0 Å². The summed E-state index contributed by atoms with van der Waals surface area (Å²) < 4.78 is 5.45. The van der Waals surface area contributed by atoms with Gasteiger partial charge in [0.05, 0.1) is 19.9 Å². The quantitative estimate of drug-likeness (QED) is 0.797. The van der Waals surface area contributed by atoms with Gasteiger partial charge in [-0.3, -0.25) is 10.1 Å². The number of aromatic nitrogens is 2. The molecule has 0 bridgehead atoms. The van der Waals surface area contributed by atoms with E-state index in [1.165, 1.54) is 0 Å². The van der Waals surface area contributed by atoms with E-state index in [0.717, 1.165) is 28.9 Å². The van der Waals surface area contributed by atoms with Gasteiger partial charge in [0.15, 0.2) is 5.75 Å². The molecule has 82 valence electrons. The average Bonchev–Trinajstić information content (AvgIpc) is 2.97. The van der Waals surface area contributed by atoms with E-state index in [-0.39, 0.29) is 0 Å². The van der Waals surface area contributed by atoms with Crippen LogP contribution in [0, 0.1) is 0 Å². The zero-order chi connectivity index (χ0) is 11.0. The summed E-state index contributed by atoms with van der Waals surface area (Å²) in [7, 11) is 1.67. The summed E-state index contributed by atoms with van der Waals surface area (Å²) in [5.41, 5.74) is 5.07. The maximum atomic E-state index is 5.45. The van der Waals surface area contributed by atoms with Crippen LogP contribution in [-0.2, 0) is 0 Å². The van der Waals surface area contributed by atoms with Crippen LogP contribution in [0.2, 0.25) is 0 Å². The van der Waals surface area contributed by atoms with Crippen LogP contribution in [0.4, 0.5) is 5.69 Å². The molecule has 2 aromatic rings. The number of H-pyrrole nitrogens is 1. The lowest BCUT2D eigenvalue weighted by molar-refractivity contribution is 0.418. The monoisotopic (exact) mass is 216 g/mol. The topological polar surface area (TPSA) is 53.2 Å². The van der Waals surface area contributed by atoms with Crippen molar-refractivity contribution in [3.05, 3.63) is 30.6 Å². The number of anilines is 1. The van der Waals surface area contributed by atoms with E-state index in [1.54, 1.807) is 13.3 Å². The molecule has 1 aromatic heterocycles. The minimum absolute atomic E-state index is 0.811. The number of nitrogens with one attached hydrogen (secondary N) is 2. The number of benzene rings is 1. The predicted molar refractivity (Wildman–Crippen MR) is 62.3 cm³/mol. The Bertz CT molecular complexity index is 538. The summed E-state index contributed by atoms with van der Waals surface area (Å²) in [5, 5.41) is 10.0. The zero-order valence-electron chi connectivity index (χ0n) is 8.90. The Hall–Kier alpha value is -2.17. The van der Waals surface area contributed by atoms with Crippen molar-refractivity contribution in [3.8, 4) is 5.75 Å². The van der Waals surface area contributed by atoms with E-state index in [9.17, 15) is 0 Å². The molecule has 3 rings (SSSR count). The number of rotatable bonds is 2. The molecule has 2 N–H and O–H groups in total. The van der Waals surface area contributed by atoms with Crippen molar-refractivity contribution < 1.29 is 4.74 Å². The lowest BCUT2D eigenvalue weighted by Crippen LogP contribution is -2.29. The van der Waals surface area contributed by atoms with Gasteiger partial charge >= 0.3 is 0 Å². The van der Waals surface area contributed by atoms with Gasteiger partial charge in [0.2, 0.25) is 0 Å². The zero-order valence-corrected chi connectivity index (χ0v) is 8.90. The number of fused-ring (bicyclic) bond motifs is 1. The van der Waals surface area contributed by atoms with Gasteiger partial charge in [0, 0.05) is 11.6 Å². The van der Waals surface area contributed by atoms with Gasteiger partial charge in [-0.25, -0.2) is 0 Å². The smallest absolute Gasteiger partial charge is 0.169 e. The molecule has 0 saturated heterocycles. The van der Waals surface area contributed by atoms with Crippen molar-refractivity contribution in [2.45, 2.75) is 0 Å². The molecule has 2 heterocycles. The third-order valence-corrected chi connectivity index (χ3v) is 2.68. The number of hydrazine groups is 1. The highest BCUT2D eigenvalue weighted by Crippen LogP contribution is 2.34. The summed E-state index contributed by atoms with van der Waals surface area (Å²) in [6, 6.07) is 4.05. The molecule has 0 spiro atoms. The van der Waals surface area contributed by atoms with E-state index in [0.29, 0.717) is 0 Å². The van der Waals surface area contributed by atoms with Crippen LogP contribution in [0.3, 0.4) is 0 Å². The van der Waals surface area contributed by atoms with Crippen molar-refractivity contribution >= 4 is 16.6 Å². The van der Waals surface area contributed by atoms with E-state index in [1.807, 2.05) is 23.3 Å². The molecular weight excluding hydrogens is 204 g/mol. The molecule has 5 heteroatoms. The lowest BCUT2D eigenvalue weighted by atomic mass is 10.2. The Kier molecular flexibility index (Phi) is 1.96. The van der Waals surface area contributed by atoms with Crippen molar-refractivity contribution in [2.24, 2.45) is 0 Å². The fourth-order valence-electron chi connectivity index (χ4n) is 1.92. The first-order valence-corrected chi connectivity index (χ1v) is 5.09. The standard InChI is InChI=1S/C11H12N4O/c1-16-11-9(15-6-2-5-13-15)4-3-8-7-12-14-10(8)11/h2-5,7,13H,6H2,1H3,(H,12,14). The third kappa shape index (κ3) is 1.21. The summed E-state index contributed by atoms with van der Waals surface area (Å²) >= 11 is 0. The Morgan fingerprint density at radius 3 is 3.12 bits per heavy atom. The molecule has 0 saturated carbocycles. The number of hydrogen-bond acceptors (Lipinski definition) is 4. The van der Waals surface area contributed by atoms with E-state index < -0.39 is 0 Å². The first-order valence-electron chi connectivity index (χ1n) is 5.09. The van der Waals surface area contributed by atoms with Gasteiger partial charge in [-0.2, -0.15) is 5.10 Å². The first kappa shape index (κ1) is 9.08. The highest BCUT2D eigenvalue weighted by atomic mass is 16.5. The molecule has 0 atom stereocenters. The first-order chi connectivity index (χ1) is 7.90. The van der Waals surface area contributed by atoms with Gasteiger partial charge in [0.1, 0.15) is 11.2 Å². The lowest BCUT2D eigenvalue weighted by Gasteiger charge is -2.21. The summed E-state index contributed by atoms with van der Waals surface area (Å²) in [5.74, 6) is 0.811. The maximum Gasteiger partial charge on any atom is 0.169 e. The molecule has 1 aliphatic rings. The second-order valence-corrected chi connectivity index (χ2v) is 3.59. The minimum atomic E-state index is 0.811. The van der Waals surface area contributed by atoms with Crippen molar-refractivity contribution in [1.82, 2.24) is 15.6 Å². The molecule has 0 unspecified atom stereocenters. The normalized spacial score (nSPS) is 14.4. The van der Waals surface area contributed by atoms with Gasteiger partial charge < -0.3 is 10.2 Å². The molecule has 1 aromatic carbocycles. The Balaban J connectivity index is 2.15. The molecule has 1 aliphatic heterocycles. The Morgan fingerprint density at radius 1 is 1.44 bits per heavy atom. The molecule has 0 fully saturated rings. The molecular formula is C11H12N4O. The van der Waals surface area contributed by atoms with Crippen LogP contribution < -0.4 is 15.2 Å². The van der Waals surface area contributed by atoms with E-state index >= 15 is 0 Å². The molecule has 5 nitrogen and oxygen atoms in total. The molecule has 16 heavy (non-hydrogen) atoms. The maximum absolute atomic E-state index is 5.45. The fourth-order valence-corrected chi connectivity index (χ4v) is 1.92. The third-order valence-electron chi connectivity index (χ3n) is 2.68. The van der Waals surface area contributed by atoms with Gasteiger partial charge in [-0.15, -0.1) is 0 Å². The molecule has 0 radical (unpaired) electrons. The predicted octanol–water partition coefficient (Wildman–Crippen LogP) is 1.41. The van der Waals surface area contributed by atoms with Gasteiger partial charge in [-0.1, -0.05) is 0 Å². The Morgan fingerprint density at radius 2 is 2.38 bits per heavy atom. The van der Waals surface area contributed by atoms with Crippen LogP contribution in [0.15, 0.2) is 30.6 Å². The van der Waals surface area contributed by atoms with Crippen LogP contribution in [0.1, 0.15) is 0 Å². The van der Waals surface area contributed by atoms with E-state index in [4.69, 9.17) is 4.74 Å². The number of ether oxygens (including phenoxy) is 1. The summed E-state index contributed by atoms with van der Waals surface area (Å²) in [6.07, 6.45) is 5.75. The highest BCUT2D eigenvalue weighted by Gasteiger charge is 2.16. The number of hydrogen-bond donors (Lipinski definition) is 2. The average molecular weight is 216 g/mol. The van der Waals surface area contributed by atoms with E-state index in [2.05, 4.69) is 21.7 Å². The van der Waals surface area contributed by atoms with Crippen LogP contribution >= 0.6 is 0 Å². The number of nitrogens with zero attached hydrogens (tertiary/aromatic N) is 2. The van der Waals surface area contributed by atoms with Crippen LogP contribution in [0.25, 0.3) is 10.9 Å². The minimum Gasteiger partial charge on any atom is -0.492 e. The summed E-state index contributed by atoms with van der Waals surface area (Å²) in [6.45, 7) is 0.829. The number of methoxy groups -OCH3 is 1. The second kappa shape index (κ2) is 3.44. The van der Waals surface area contributed by atoms with Crippen molar-refractivity contribution in [1.29, 1.82) is 0 Å². The highest BCUT2D eigenvalue weighted by molar-refractivity contribution is 5.90. The van der Waals surface area contributed by atoms with Crippen LogP contribution in [-0.4, -0.2) is 23.9 Å². The SMILES string of the molecule is COc1c(N2CC=CN2)ccc2cn[nH]c12. The molecule has 0 aliphatic carbocycles. The summed E-state index contributed by atoms with van der Waals surface area (Å²) in [4.78, 5) is 0. The van der Waals surface area contributed by atoms with Crippen molar-refractivity contribution in [2.75, 3.05) is 18.7 Å². The second-order valence-electron chi connectivity index (χ2n) is 3.59. The van der Waals surface area contributed by atoms with Gasteiger partial charge in [-0.05, 0) is 18.2 Å². The Labute approximate surface area is 92.7 Å². The van der Waals surface area contributed by atoms with Gasteiger partial charge in [0.25, 0.3) is 0 Å². The fraction of sp³-hybridized carbons (Fsp3) is 0.182. The van der Waals surface area contributed by atoms with Crippen LogP contribution in [0.5, 0.6) is 5.75 Å². The largest absolute Gasteiger partial charge is 0.492 e.